The molecule has 1 fully saturated rings. The van der Waals surface area contributed by atoms with E-state index in [2.05, 4.69) is 6.92 Å². The third kappa shape index (κ3) is 3.19. The summed E-state index contributed by atoms with van der Waals surface area (Å²) in [4.78, 5) is 12.7. The van der Waals surface area contributed by atoms with E-state index < -0.39 is 5.60 Å². The lowest BCUT2D eigenvalue weighted by molar-refractivity contribution is -0.0663. The molecule has 20 heavy (non-hydrogen) atoms. The predicted molar refractivity (Wildman–Crippen MR) is 76.4 cm³/mol. The van der Waals surface area contributed by atoms with Gasteiger partial charge in [0.05, 0.1) is 6.61 Å². The third-order valence-corrected chi connectivity index (χ3v) is 3.69. The van der Waals surface area contributed by atoms with Gasteiger partial charge in [0.25, 0.3) is 0 Å². The van der Waals surface area contributed by atoms with Crippen molar-refractivity contribution in [2.75, 3.05) is 26.9 Å². The van der Waals surface area contributed by atoms with Crippen molar-refractivity contribution in [3.63, 3.8) is 0 Å². The zero-order valence-corrected chi connectivity index (χ0v) is 12.2. The second kappa shape index (κ2) is 6.86. The lowest BCUT2D eigenvalue weighted by atomic mass is 9.85. The minimum Gasteiger partial charge on any atom is -0.494 e. The van der Waals surface area contributed by atoms with Crippen LogP contribution >= 0.6 is 0 Å². The van der Waals surface area contributed by atoms with E-state index in [0.29, 0.717) is 38.2 Å². The Morgan fingerprint density at radius 2 is 1.90 bits per heavy atom. The molecule has 0 bridgehead atoms. The maximum Gasteiger partial charge on any atom is 0.194 e. The van der Waals surface area contributed by atoms with Crippen LogP contribution in [0.1, 0.15) is 36.5 Å². The van der Waals surface area contributed by atoms with Gasteiger partial charge in [-0.1, -0.05) is 6.92 Å². The number of rotatable bonds is 6. The van der Waals surface area contributed by atoms with Gasteiger partial charge in [-0.2, -0.15) is 0 Å². The molecular formula is C16H22O4. The molecule has 0 N–H and O–H groups in total. The fourth-order valence-electron chi connectivity index (χ4n) is 2.41. The fraction of sp³-hybridized carbons (Fsp3) is 0.562. The first-order chi connectivity index (χ1) is 9.72. The van der Waals surface area contributed by atoms with Crippen LogP contribution in [0.5, 0.6) is 5.75 Å². The monoisotopic (exact) mass is 278 g/mol. The van der Waals surface area contributed by atoms with E-state index >= 15 is 0 Å². The van der Waals surface area contributed by atoms with Crippen LogP contribution in [-0.2, 0) is 9.47 Å². The summed E-state index contributed by atoms with van der Waals surface area (Å²) in [5, 5.41) is 0. The predicted octanol–water partition coefficient (Wildman–Crippen LogP) is 2.85. The van der Waals surface area contributed by atoms with Crippen molar-refractivity contribution in [2.45, 2.75) is 31.8 Å². The molecule has 1 heterocycles. The number of Topliss-reactive ketones (excluding diaryl/α,β-unsaturated/α-hetero) is 1. The minimum absolute atomic E-state index is 0.0327. The fourth-order valence-corrected chi connectivity index (χ4v) is 2.41. The van der Waals surface area contributed by atoms with E-state index in [1.165, 1.54) is 0 Å². The molecule has 4 nitrogen and oxygen atoms in total. The van der Waals surface area contributed by atoms with Crippen LogP contribution in [-0.4, -0.2) is 38.3 Å². The van der Waals surface area contributed by atoms with E-state index in [-0.39, 0.29) is 5.78 Å². The average Bonchev–Trinajstić information content (AvgIpc) is 2.53. The quantitative estimate of drug-likeness (QED) is 0.751. The highest BCUT2D eigenvalue weighted by molar-refractivity contribution is 6.02. The van der Waals surface area contributed by atoms with Crippen LogP contribution in [0.25, 0.3) is 0 Å². The molecule has 1 saturated heterocycles. The molecule has 0 atom stereocenters. The number of benzene rings is 1. The van der Waals surface area contributed by atoms with Crippen LogP contribution in [0, 0.1) is 0 Å². The average molecular weight is 278 g/mol. The molecule has 0 aliphatic carbocycles. The Bertz CT molecular complexity index is 432. The van der Waals surface area contributed by atoms with E-state index in [1.54, 1.807) is 7.11 Å². The number of carbonyl (C=O) groups is 1. The first kappa shape index (κ1) is 15.0. The number of carbonyl (C=O) groups excluding carboxylic acids is 1. The molecule has 110 valence electrons. The van der Waals surface area contributed by atoms with Crippen molar-refractivity contribution in [2.24, 2.45) is 0 Å². The summed E-state index contributed by atoms with van der Waals surface area (Å²) in [5.41, 5.74) is -0.0677. The largest absolute Gasteiger partial charge is 0.494 e. The number of hydrogen-bond acceptors (Lipinski definition) is 4. The molecule has 0 saturated carbocycles. The van der Waals surface area contributed by atoms with Gasteiger partial charge < -0.3 is 14.2 Å². The molecular weight excluding hydrogens is 256 g/mol. The molecule has 4 heteroatoms. The van der Waals surface area contributed by atoms with E-state index in [1.807, 2.05) is 24.3 Å². The second-order valence-corrected chi connectivity index (χ2v) is 5.01. The van der Waals surface area contributed by atoms with Crippen molar-refractivity contribution < 1.29 is 19.0 Å². The first-order valence-corrected chi connectivity index (χ1v) is 7.12. The van der Waals surface area contributed by atoms with Gasteiger partial charge in [0.1, 0.15) is 11.4 Å². The van der Waals surface area contributed by atoms with E-state index in [0.717, 1.165) is 12.2 Å². The Kier molecular flexibility index (Phi) is 5.15. The van der Waals surface area contributed by atoms with Crippen molar-refractivity contribution in [1.82, 2.24) is 0 Å². The molecule has 0 amide bonds. The second-order valence-electron chi connectivity index (χ2n) is 5.01. The highest BCUT2D eigenvalue weighted by Gasteiger charge is 2.40. The number of methoxy groups -OCH3 is 1. The Balaban J connectivity index is 2.11. The van der Waals surface area contributed by atoms with Gasteiger partial charge in [0, 0.05) is 38.7 Å². The first-order valence-electron chi connectivity index (χ1n) is 7.12. The number of ether oxygens (including phenoxy) is 3. The topological polar surface area (TPSA) is 44.8 Å². The smallest absolute Gasteiger partial charge is 0.194 e. The Hall–Kier alpha value is -1.39. The van der Waals surface area contributed by atoms with E-state index in [9.17, 15) is 4.79 Å². The molecule has 1 aromatic rings. The maximum absolute atomic E-state index is 12.7. The summed E-state index contributed by atoms with van der Waals surface area (Å²) in [6.07, 6.45) is 2.18. The van der Waals surface area contributed by atoms with Crippen molar-refractivity contribution in [3.8, 4) is 5.75 Å². The minimum atomic E-state index is -0.732. The third-order valence-electron chi connectivity index (χ3n) is 3.69. The maximum atomic E-state index is 12.7. The molecule has 0 aromatic heterocycles. The van der Waals surface area contributed by atoms with E-state index in [4.69, 9.17) is 14.2 Å². The normalized spacial score (nSPS) is 17.7. The standard InChI is InChI=1S/C16H22O4/c1-3-10-20-14-6-4-13(5-7-14)15(17)16(18-2)8-11-19-12-9-16/h4-7H,3,8-12H2,1-2H3. The molecule has 0 radical (unpaired) electrons. The van der Waals surface area contributed by atoms with Crippen molar-refractivity contribution in [3.05, 3.63) is 29.8 Å². The van der Waals surface area contributed by atoms with Gasteiger partial charge in [-0.25, -0.2) is 0 Å². The van der Waals surface area contributed by atoms with Crippen molar-refractivity contribution in [1.29, 1.82) is 0 Å². The Labute approximate surface area is 120 Å². The van der Waals surface area contributed by atoms with Crippen LogP contribution in [0.3, 0.4) is 0 Å². The van der Waals surface area contributed by atoms with Crippen molar-refractivity contribution >= 4 is 5.78 Å². The molecule has 0 spiro atoms. The summed E-state index contributed by atoms with van der Waals surface area (Å²) in [7, 11) is 1.60. The molecule has 0 unspecified atom stereocenters. The van der Waals surface area contributed by atoms with Gasteiger partial charge in [-0.15, -0.1) is 0 Å². The van der Waals surface area contributed by atoms with Gasteiger partial charge >= 0.3 is 0 Å². The molecule has 1 aliphatic rings. The van der Waals surface area contributed by atoms with Gasteiger partial charge in [-0.05, 0) is 30.7 Å². The number of ketones is 1. The number of hydrogen-bond donors (Lipinski definition) is 0. The van der Waals surface area contributed by atoms with Crippen LogP contribution in [0.4, 0.5) is 0 Å². The Morgan fingerprint density at radius 1 is 1.25 bits per heavy atom. The lowest BCUT2D eigenvalue weighted by Crippen LogP contribution is -2.45. The summed E-state index contributed by atoms with van der Waals surface area (Å²) in [6.45, 7) is 3.88. The zero-order valence-electron chi connectivity index (χ0n) is 12.2. The zero-order chi connectivity index (χ0) is 14.4. The van der Waals surface area contributed by atoms with Gasteiger partial charge in [0.15, 0.2) is 5.78 Å². The Morgan fingerprint density at radius 3 is 2.45 bits per heavy atom. The van der Waals surface area contributed by atoms with Crippen LogP contribution in [0.2, 0.25) is 0 Å². The summed E-state index contributed by atoms with van der Waals surface area (Å²) in [6, 6.07) is 7.30. The van der Waals surface area contributed by atoms with Crippen LogP contribution < -0.4 is 4.74 Å². The van der Waals surface area contributed by atoms with Gasteiger partial charge in [-0.3, -0.25) is 4.79 Å². The lowest BCUT2D eigenvalue weighted by Gasteiger charge is -2.34. The molecule has 2 rings (SSSR count). The summed E-state index contributed by atoms with van der Waals surface area (Å²) < 4.78 is 16.4. The SMILES string of the molecule is CCCOc1ccc(C(=O)C2(OC)CCOCC2)cc1. The molecule has 1 aromatic carbocycles. The molecule has 1 aliphatic heterocycles. The summed E-state index contributed by atoms with van der Waals surface area (Å²) >= 11 is 0. The summed E-state index contributed by atoms with van der Waals surface area (Å²) in [5.74, 6) is 0.826. The van der Waals surface area contributed by atoms with Gasteiger partial charge in [0.2, 0.25) is 0 Å². The highest BCUT2D eigenvalue weighted by atomic mass is 16.5. The van der Waals surface area contributed by atoms with Crippen LogP contribution in [0.15, 0.2) is 24.3 Å². The highest BCUT2D eigenvalue weighted by Crippen LogP contribution is 2.29.